The Morgan fingerprint density at radius 3 is 2.88 bits per heavy atom. The van der Waals surface area contributed by atoms with E-state index in [0.717, 1.165) is 31.9 Å². The van der Waals surface area contributed by atoms with Crippen LogP contribution in [0.2, 0.25) is 0 Å². The highest BCUT2D eigenvalue weighted by atomic mass is 15.4. The molecule has 1 saturated heterocycles. The molecule has 5 nitrogen and oxygen atoms in total. The fraction of sp³-hybridized carbons (Fsp3) is 0.818. The molecule has 0 aromatic carbocycles. The minimum atomic E-state index is 0.820. The molecule has 1 aliphatic heterocycles. The van der Waals surface area contributed by atoms with Crippen LogP contribution in [0.15, 0.2) is 6.20 Å². The number of nitrogens with zero attached hydrogens (tertiary/aromatic N) is 4. The molecule has 0 radical (unpaired) electrons. The van der Waals surface area contributed by atoms with Gasteiger partial charge in [0.1, 0.15) is 0 Å². The third-order valence-corrected chi connectivity index (χ3v) is 2.99. The van der Waals surface area contributed by atoms with E-state index in [-0.39, 0.29) is 0 Å². The molecule has 90 valence electrons. The summed E-state index contributed by atoms with van der Waals surface area (Å²) < 4.78 is 1.95. The second-order valence-corrected chi connectivity index (χ2v) is 4.30. The van der Waals surface area contributed by atoms with Crippen LogP contribution in [-0.4, -0.2) is 46.1 Å². The van der Waals surface area contributed by atoms with E-state index in [1.54, 1.807) is 0 Å². The van der Waals surface area contributed by atoms with E-state index in [1.807, 2.05) is 10.9 Å². The zero-order valence-electron chi connectivity index (χ0n) is 10.0. The summed E-state index contributed by atoms with van der Waals surface area (Å²) in [4.78, 5) is 2.49. The molecule has 0 bridgehead atoms. The van der Waals surface area contributed by atoms with Crippen LogP contribution >= 0.6 is 0 Å². The highest BCUT2D eigenvalue weighted by molar-refractivity contribution is 4.91. The summed E-state index contributed by atoms with van der Waals surface area (Å²) >= 11 is 0. The Morgan fingerprint density at radius 2 is 2.12 bits per heavy atom. The molecular formula is C11H21N5. The quantitative estimate of drug-likeness (QED) is 0.762. The molecule has 5 heteroatoms. The van der Waals surface area contributed by atoms with Crippen molar-refractivity contribution >= 4 is 0 Å². The van der Waals surface area contributed by atoms with Gasteiger partial charge in [-0.2, -0.15) is 0 Å². The maximum Gasteiger partial charge on any atom is 0.0964 e. The number of hydrogen-bond acceptors (Lipinski definition) is 4. The Labute approximate surface area is 96.8 Å². The molecule has 0 amide bonds. The van der Waals surface area contributed by atoms with E-state index >= 15 is 0 Å². The van der Waals surface area contributed by atoms with Crippen molar-refractivity contribution in [3.8, 4) is 0 Å². The monoisotopic (exact) mass is 223 g/mol. The number of hydrogen-bond donors (Lipinski definition) is 1. The summed E-state index contributed by atoms with van der Waals surface area (Å²) in [6.45, 7) is 8.44. The third-order valence-electron chi connectivity index (χ3n) is 2.99. The van der Waals surface area contributed by atoms with Crippen molar-refractivity contribution in [3.05, 3.63) is 11.9 Å². The predicted molar refractivity (Wildman–Crippen MR) is 63.1 cm³/mol. The van der Waals surface area contributed by atoms with Gasteiger partial charge in [-0.3, -0.25) is 4.68 Å². The Balaban J connectivity index is 1.73. The lowest BCUT2D eigenvalue weighted by Gasteiger charge is -2.13. The molecule has 0 unspecified atom stereocenters. The molecule has 0 saturated carbocycles. The van der Waals surface area contributed by atoms with Crippen LogP contribution in [0.5, 0.6) is 0 Å². The van der Waals surface area contributed by atoms with Gasteiger partial charge in [0.15, 0.2) is 0 Å². The van der Waals surface area contributed by atoms with Crippen LogP contribution in [0.25, 0.3) is 0 Å². The SMILES string of the molecule is CCNCc1cn(CCN2CCCC2)nn1. The average Bonchev–Trinajstić information content (AvgIpc) is 2.95. The molecule has 0 aliphatic carbocycles. The zero-order chi connectivity index (χ0) is 11.2. The van der Waals surface area contributed by atoms with E-state index in [1.165, 1.54) is 25.9 Å². The molecule has 1 aromatic heterocycles. The molecule has 1 N–H and O–H groups in total. The van der Waals surface area contributed by atoms with Gasteiger partial charge in [0.2, 0.25) is 0 Å². The third kappa shape index (κ3) is 3.28. The van der Waals surface area contributed by atoms with E-state index in [0.29, 0.717) is 0 Å². The van der Waals surface area contributed by atoms with Crippen molar-refractivity contribution in [2.75, 3.05) is 26.2 Å². The first kappa shape index (κ1) is 11.5. The molecule has 1 aromatic rings. The second-order valence-electron chi connectivity index (χ2n) is 4.30. The van der Waals surface area contributed by atoms with Crippen molar-refractivity contribution in [1.29, 1.82) is 0 Å². The molecule has 2 heterocycles. The first-order chi connectivity index (χ1) is 7.88. The maximum atomic E-state index is 4.13. The van der Waals surface area contributed by atoms with Crippen LogP contribution in [0.3, 0.4) is 0 Å². The summed E-state index contributed by atoms with van der Waals surface area (Å²) in [5.74, 6) is 0. The van der Waals surface area contributed by atoms with Gasteiger partial charge in [0.25, 0.3) is 0 Å². The second kappa shape index (κ2) is 5.96. The first-order valence-corrected chi connectivity index (χ1v) is 6.20. The molecular weight excluding hydrogens is 202 g/mol. The normalized spacial score (nSPS) is 17.1. The molecule has 2 rings (SSSR count). The van der Waals surface area contributed by atoms with Gasteiger partial charge in [-0.15, -0.1) is 5.10 Å². The van der Waals surface area contributed by atoms with Gasteiger partial charge in [0, 0.05) is 19.3 Å². The number of aromatic nitrogens is 3. The summed E-state index contributed by atoms with van der Waals surface area (Å²) in [6, 6.07) is 0. The Bertz CT molecular complexity index is 303. The van der Waals surface area contributed by atoms with Gasteiger partial charge in [-0.25, -0.2) is 0 Å². The van der Waals surface area contributed by atoms with Crippen molar-refractivity contribution < 1.29 is 0 Å². The Kier molecular flexibility index (Phi) is 4.30. The van der Waals surface area contributed by atoms with E-state index in [2.05, 4.69) is 27.5 Å². The van der Waals surface area contributed by atoms with E-state index in [9.17, 15) is 0 Å². The van der Waals surface area contributed by atoms with E-state index in [4.69, 9.17) is 0 Å². The lowest BCUT2D eigenvalue weighted by Crippen LogP contribution is -2.24. The standard InChI is InChI=1S/C11H21N5/c1-2-12-9-11-10-16(14-13-11)8-7-15-5-3-4-6-15/h10,12H,2-9H2,1H3. The lowest BCUT2D eigenvalue weighted by molar-refractivity contribution is 0.314. The summed E-state index contributed by atoms with van der Waals surface area (Å²) in [5.41, 5.74) is 1.03. The fourth-order valence-electron chi connectivity index (χ4n) is 2.03. The highest BCUT2D eigenvalue weighted by Gasteiger charge is 2.11. The minimum absolute atomic E-state index is 0.820. The summed E-state index contributed by atoms with van der Waals surface area (Å²) in [5, 5.41) is 11.5. The summed E-state index contributed by atoms with van der Waals surface area (Å²) in [7, 11) is 0. The largest absolute Gasteiger partial charge is 0.311 e. The van der Waals surface area contributed by atoms with Crippen molar-refractivity contribution in [1.82, 2.24) is 25.2 Å². The molecule has 1 fully saturated rings. The Hall–Kier alpha value is -0.940. The number of rotatable bonds is 6. The van der Waals surface area contributed by atoms with E-state index < -0.39 is 0 Å². The van der Waals surface area contributed by atoms with Crippen LogP contribution < -0.4 is 5.32 Å². The van der Waals surface area contributed by atoms with Crippen molar-refractivity contribution in [3.63, 3.8) is 0 Å². The molecule has 1 aliphatic rings. The van der Waals surface area contributed by atoms with Gasteiger partial charge in [-0.05, 0) is 32.5 Å². The van der Waals surface area contributed by atoms with Gasteiger partial charge in [-0.1, -0.05) is 12.1 Å². The molecule has 0 spiro atoms. The van der Waals surface area contributed by atoms with Gasteiger partial charge < -0.3 is 10.2 Å². The van der Waals surface area contributed by atoms with Crippen molar-refractivity contribution in [2.24, 2.45) is 0 Å². The predicted octanol–water partition coefficient (Wildman–Crippen LogP) is 0.483. The lowest BCUT2D eigenvalue weighted by atomic mass is 10.4. The smallest absolute Gasteiger partial charge is 0.0964 e. The average molecular weight is 223 g/mol. The maximum absolute atomic E-state index is 4.13. The highest BCUT2D eigenvalue weighted by Crippen LogP contribution is 2.06. The van der Waals surface area contributed by atoms with Crippen LogP contribution in [0, 0.1) is 0 Å². The van der Waals surface area contributed by atoms with Gasteiger partial charge in [0.05, 0.1) is 12.2 Å². The van der Waals surface area contributed by atoms with Crippen LogP contribution in [0.4, 0.5) is 0 Å². The molecule has 16 heavy (non-hydrogen) atoms. The fourth-order valence-corrected chi connectivity index (χ4v) is 2.03. The van der Waals surface area contributed by atoms with Crippen molar-refractivity contribution in [2.45, 2.75) is 32.9 Å². The summed E-state index contributed by atoms with van der Waals surface area (Å²) in [6.07, 6.45) is 4.74. The van der Waals surface area contributed by atoms with Crippen LogP contribution in [0.1, 0.15) is 25.5 Å². The topological polar surface area (TPSA) is 46.0 Å². The molecule has 0 atom stereocenters. The number of likely N-dealkylation sites (tertiary alicyclic amines) is 1. The minimum Gasteiger partial charge on any atom is -0.311 e. The van der Waals surface area contributed by atoms with Crippen LogP contribution in [-0.2, 0) is 13.1 Å². The Morgan fingerprint density at radius 1 is 1.31 bits per heavy atom. The zero-order valence-corrected chi connectivity index (χ0v) is 10.0. The van der Waals surface area contributed by atoms with Gasteiger partial charge >= 0.3 is 0 Å². The first-order valence-electron chi connectivity index (χ1n) is 6.20. The number of nitrogens with one attached hydrogen (secondary N) is 1.